The molecule has 2 N–H and O–H groups in total. The molecule has 2 rings (SSSR count). The third-order valence-corrected chi connectivity index (χ3v) is 3.46. The number of nitrogens with zero attached hydrogens (tertiary/aromatic N) is 4. The molecule has 0 atom stereocenters. The number of aromatic nitrogens is 4. The number of hydrogen-bond donors (Lipinski definition) is 2. The maximum absolute atomic E-state index is 11.7. The fraction of sp³-hybridized carbons (Fsp3) is 0.455. The van der Waals surface area contributed by atoms with Gasteiger partial charge in [-0.2, -0.15) is 0 Å². The number of carbonyl (C=O) groups is 1. The van der Waals surface area contributed by atoms with E-state index in [4.69, 9.17) is 0 Å². The first kappa shape index (κ1) is 13.5. The van der Waals surface area contributed by atoms with Crippen molar-refractivity contribution in [1.82, 2.24) is 25.1 Å². The minimum atomic E-state index is -0.165. The molecular weight excluding hydrogens is 264 g/mol. The molecule has 0 unspecified atom stereocenters. The van der Waals surface area contributed by atoms with Crippen LogP contribution < -0.4 is 10.6 Å². The molecule has 102 valence electrons. The summed E-state index contributed by atoms with van der Waals surface area (Å²) in [5.41, 5.74) is 0. The minimum Gasteiger partial charge on any atom is -0.363 e. The van der Waals surface area contributed by atoms with Crippen LogP contribution in [0.4, 0.5) is 5.13 Å². The Morgan fingerprint density at radius 2 is 2.32 bits per heavy atom. The van der Waals surface area contributed by atoms with Crippen LogP contribution in [0.25, 0.3) is 0 Å². The smallest absolute Gasteiger partial charge is 0.282 e. The van der Waals surface area contributed by atoms with Gasteiger partial charge < -0.3 is 15.2 Å². The number of imidazole rings is 1. The average molecular weight is 280 g/mol. The quantitative estimate of drug-likeness (QED) is 0.739. The summed E-state index contributed by atoms with van der Waals surface area (Å²) in [6.45, 7) is 1.56. The van der Waals surface area contributed by atoms with Crippen LogP contribution >= 0.6 is 11.3 Å². The highest BCUT2D eigenvalue weighted by molar-refractivity contribution is 7.17. The zero-order valence-corrected chi connectivity index (χ0v) is 11.5. The maximum atomic E-state index is 11.7. The van der Waals surface area contributed by atoms with Crippen molar-refractivity contribution < 1.29 is 4.79 Å². The number of anilines is 1. The van der Waals surface area contributed by atoms with Crippen LogP contribution in [-0.4, -0.2) is 39.2 Å². The van der Waals surface area contributed by atoms with E-state index in [1.807, 2.05) is 10.8 Å². The number of unbranched alkanes of at least 4 members (excludes halogenated alkanes) is 1. The average Bonchev–Trinajstić information content (AvgIpc) is 3.09. The predicted octanol–water partition coefficient (Wildman–Crippen LogP) is 0.986. The van der Waals surface area contributed by atoms with E-state index in [1.54, 1.807) is 19.6 Å². The van der Waals surface area contributed by atoms with Gasteiger partial charge in [-0.05, 0) is 12.8 Å². The van der Waals surface area contributed by atoms with Crippen molar-refractivity contribution in [2.75, 3.05) is 18.9 Å². The summed E-state index contributed by atoms with van der Waals surface area (Å²) in [6, 6.07) is 0. The summed E-state index contributed by atoms with van der Waals surface area (Å²) >= 11 is 1.25. The van der Waals surface area contributed by atoms with Gasteiger partial charge in [-0.25, -0.2) is 4.98 Å². The molecule has 0 aliphatic heterocycles. The highest BCUT2D eigenvalue weighted by Crippen LogP contribution is 2.13. The summed E-state index contributed by atoms with van der Waals surface area (Å²) in [5, 5.41) is 14.3. The molecule has 0 radical (unpaired) electrons. The molecule has 0 saturated heterocycles. The molecule has 0 aliphatic rings. The van der Waals surface area contributed by atoms with Crippen LogP contribution in [0.2, 0.25) is 0 Å². The lowest BCUT2D eigenvalue weighted by Gasteiger charge is -2.03. The van der Waals surface area contributed by atoms with Gasteiger partial charge in [-0.1, -0.05) is 11.3 Å². The van der Waals surface area contributed by atoms with Gasteiger partial charge in [0.2, 0.25) is 10.1 Å². The number of amides is 1. The van der Waals surface area contributed by atoms with E-state index < -0.39 is 0 Å². The second-order valence-electron chi connectivity index (χ2n) is 3.93. The molecule has 2 aromatic rings. The van der Waals surface area contributed by atoms with Crippen LogP contribution in [0.1, 0.15) is 22.6 Å². The monoisotopic (exact) mass is 280 g/mol. The third kappa shape index (κ3) is 4.02. The molecule has 7 nitrogen and oxygen atoms in total. The molecule has 1 amide bonds. The van der Waals surface area contributed by atoms with Crippen LogP contribution in [-0.2, 0) is 6.54 Å². The Labute approximate surface area is 115 Å². The predicted molar refractivity (Wildman–Crippen MR) is 73.2 cm³/mol. The first-order valence-electron chi connectivity index (χ1n) is 6.05. The van der Waals surface area contributed by atoms with Crippen molar-refractivity contribution in [3.63, 3.8) is 0 Å². The van der Waals surface area contributed by atoms with Crippen LogP contribution in [0.15, 0.2) is 18.7 Å². The molecule has 0 saturated carbocycles. The molecule has 0 spiro atoms. The van der Waals surface area contributed by atoms with E-state index in [1.165, 1.54) is 11.3 Å². The van der Waals surface area contributed by atoms with Gasteiger partial charge in [-0.3, -0.25) is 4.79 Å². The van der Waals surface area contributed by atoms with Gasteiger partial charge in [0.15, 0.2) is 0 Å². The molecule has 0 fully saturated rings. The molecule has 8 heteroatoms. The van der Waals surface area contributed by atoms with Crippen LogP contribution in [0.3, 0.4) is 0 Å². The Kier molecular flexibility index (Phi) is 4.85. The molecular formula is C11H16N6OS. The normalized spacial score (nSPS) is 10.4. The number of carbonyl (C=O) groups excluding carboxylic acids is 1. The van der Waals surface area contributed by atoms with Gasteiger partial charge in [0.1, 0.15) is 0 Å². The number of rotatable bonds is 7. The molecule has 2 aromatic heterocycles. The lowest BCUT2D eigenvalue weighted by molar-refractivity contribution is 0.0952. The van der Waals surface area contributed by atoms with Crippen molar-refractivity contribution >= 4 is 22.4 Å². The molecule has 2 heterocycles. The van der Waals surface area contributed by atoms with E-state index in [0.29, 0.717) is 16.7 Å². The maximum Gasteiger partial charge on any atom is 0.282 e. The first-order chi connectivity index (χ1) is 9.29. The van der Waals surface area contributed by atoms with Crippen LogP contribution in [0, 0.1) is 0 Å². The van der Waals surface area contributed by atoms with E-state index in [2.05, 4.69) is 25.8 Å². The lowest BCUT2D eigenvalue weighted by Crippen LogP contribution is -2.24. The van der Waals surface area contributed by atoms with Crippen LogP contribution in [0.5, 0.6) is 0 Å². The fourth-order valence-corrected chi connectivity index (χ4v) is 2.15. The largest absolute Gasteiger partial charge is 0.363 e. The minimum absolute atomic E-state index is 0.165. The van der Waals surface area contributed by atoms with Gasteiger partial charge >= 0.3 is 0 Å². The van der Waals surface area contributed by atoms with Gasteiger partial charge in [-0.15, -0.1) is 10.2 Å². The lowest BCUT2D eigenvalue weighted by atomic mass is 10.3. The SMILES string of the molecule is CNc1nnc(C(=O)NCCCCn2ccnc2)s1. The van der Waals surface area contributed by atoms with Crippen molar-refractivity contribution in [1.29, 1.82) is 0 Å². The Bertz CT molecular complexity index is 509. The van der Waals surface area contributed by atoms with Crippen molar-refractivity contribution in [2.24, 2.45) is 0 Å². The Hall–Kier alpha value is -1.96. The number of aryl methyl sites for hydroxylation is 1. The van der Waals surface area contributed by atoms with E-state index in [0.717, 1.165) is 19.4 Å². The van der Waals surface area contributed by atoms with Crippen molar-refractivity contribution in [3.05, 3.63) is 23.7 Å². The Morgan fingerprint density at radius 1 is 1.42 bits per heavy atom. The summed E-state index contributed by atoms with van der Waals surface area (Å²) in [6.07, 6.45) is 7.39. The molecule has 0 aliphatic carbocycles. The first-order valence-corrected chi connectivity index (χ1v) is 6.86. The Balaban J connectivity index is 1.64. The van der Waals surface area contributed by atoms with Crippen molar-refractivity contribution in [3.8, 4) is 0 Å². The summed E-state index contributed by atoms with van der Waals surface area (Å²) in [4.78, 5) is 15.7. The summed E-state index contributed by atoms with van der Waals surface area (Å²) < 4.78 is 2.02. The zero-order valence-electron chi connectivity index (χ0n) is 10.7. The standard InChI is InChI=1S/C11H16N6OS/c1-12-11-16-15-10(19-11)9(18)14-4-2-3-6-17-7-5-13-8-17/h5,7-8H,2-4,6H2,1H3,(H,12,16)(H,14,18). The van der Waals surface area contributed by atoms with Gasteiger partial charge in [0.05, 0.1) is 6.33 Å². The molecule has 19 heavy (non-hydrogen) atoms. The topological polar surface area (TPSA) is 84.7 Å². The number of nitrogens with one attached hydrogen (secondary N) is 2. The van der Waals surface area contributed by atoms with E-state index >= 15 is 0 Å². The van der Waals surface area contributed by atoms with Crippen molar-refractivity contribution in [2.45, 2.75) is 19.4 Å². The second kappa shape index (κ2) is 6.83. The Morgan fingerprint density at radius 3 is 3.00 bits per heavy atom. The highest BCUT2D eigenvalue weighted by Gasteiger charge is 2.11. The second-order valence-corrected chi connectivity index (χ2v) is 4.90. The van der Waals surface area contributed by atoms with E-state index in [-0.39, 0.29) is 5.91 Å². The van der Waals surface area contributed by atoms with E-state index in [9.17, 15) is 4.79 Å². The molecule has 0 aromatic carbocycles. The summed E-state index contributed by atoms with van der Waals surface area (Å²) in [7, 11) is 1.75. The fourth-order valence-electron chi connectivity index (χ4n) is 1.53. The zero-order chi connectivity index (χ0) is 13.5. The van der Waals surface area contributed by atoms with Gasteiger partial charge in [0, 0.05) is 32.5 Å². The number of hydrogen-bond acceptors (Lipinski definition) is 6. The third-order valence-electron chi connectivity index (χ3n) is 2.52. The molecule has 0 bridgehead atoms. The summed E-state index contributed by atoms with van der Waals surface area (Å²) in [5.74, 6) is -0.165. The van der Waals surface area contributed by atoms with Gasteiger partial charge in [0.25, 0.3) is 5.91 Å². The highest BCUT2D eigenvalue weighted by atomic mass is 32.1.